The molecule has 0 saturated heterocycles. The Hall–Kier alpha value is -1.67. The Balaban J connectivity index is 2.42. The van der Waals surface area contributed by atoms with Gasteiger partial charge >= 0.3 is 0 Å². The van der Waals surface area contributed by atoms with Crippen LogP contribution < -0.4 is 5.32 Å². The Labute approximate surface area is 111 Å². The molecule has 0 atom stereocenters. The van der Waals surface area contributed by atoms with Gasteiger partial charge in [0.2, 0.25) is 5.91 Å². The van der Waals surface area contributed by atoms with E-state index >= 15 is 0 Å². The van der Waals surface area contributed by atoms with Crippen molar-refractivity contribution in [1.82, 2.24) is 20.3 Å². The molecule has 96 valence electrons. The molecular weight excluding hydrogens is 304 g/mol. The first-order valence-electron chi connectivity index (χ1n) is 5.15. The molecule has 2 rings (SSSR count). The minimum Gasteiger partial charge on any atom is -0.448 e. The number of carbonyl (C=O) groups is 1. The molecule has 0 unspecified atom stereocenters. The molecule has 0 saturated carbocycles. The molecule has 0 aliphatic rings. The zero-order chi connectivity index (χ0) is 13.1. The highest BCUT2D eigenvalue weighted by Gasteiger charge is 2.18. The summed E-state index contributed by atoms with van der Waals surface area (Å²) in [7, 11) is 1.54. The monoisotopic (exact) mass is 314 g/mol. The molecular formula is C10H11BrN4O3. The van der Waals surface area contributed by atoms with Gasteiger partial charge in [-0.05, 0) is 28.1 Å². The van der Waals surface area contributed by atoms with Crippen LogP contribution in [0.15, 0.2) is 21.2 Å². The summed E-state index contributed by atoms with van der Waals surface area (Å²) in [6, 6.07) is 3.43. The van der Waals surface area contributed by atoms with Gasteiger partial charge in [0.25, 0.3) is 0 Å². The van der Waals surface area contributed by atoms with Crippen molar-refractivity contribution in [3.63, 3.8) is 0 Å². The van der Waals surface area contributed by atoms with Crippen molar-refractivity contribution < 1.29 is 14.3 Å². The van der Waals surface area contributed by atoms with Crippen LogP contribution in [0.2, 0.25) is 0 Å². The fraction of sp³-hybridized carbons (Fsp3) is 0.300. The minimum atomic E-state index is -0.276. The molecule has 0 fully saturated rings. The maximum Gasteiger partial charge on any atom is 0.241 e. The Kier molecular flexibility index (Phi) is 3.78. The molecule has 0 aliphatic heterocycles. The molecule has 0 radical (unpaired) electrons. The number of rotatable bonds is 4. The molecule has 1 amide bonds. The lowest BCUT2D eigenvalue weighted by molar-refractivity contribution is -0.121. The van der Waals surface area contributed by atoms with Crippen molar-refractivity contribution in [2.45, 2.75) is 13.2 Å². The normalized spacial score (nSPS) is 10.6. The molecule has 18 heavy (non-hydrogen) atoms. The molecule has 2 aromatic heterocycles. The van der Waals surface area contributed by atoms with E-state index in [1.807, 2.05) is 0 Å². The van der Waals surface area contributed by atoms with Crippen LogP contribution in [-0.4, -0.2) is 33.1 Å². The van der Waals surface area contributed by atoms with Gasteiger partial charge in [0.05, 0.1) is 6.61 Å². The number of carbonyl (C=O) groups excluding carboxylic acids is 1. The van der Waals surface area contributed by atoms with Crippen LogP contribution in [0.4, 0.5) is 0 Å². The lowest BCUT2D eigenvalue weighted by atomic mass is 10.2. The Morgan fingerprint density at radius 2 is 2.39 bits per heavy atom. The number of halogens is 1. The van der Waals surface area contributed by atoms with E-state index in [1.54, 1.807) is 12.1 Å². The van der Waals surface area contributed by atoms with Crippen molar-refractivity contribution in [3.05, 3.63) is 22.5 Å². The maximum absolute atomic E-state index is 11.4. The van der Waals surface area contributed by atoms with Gasteiger partial charge in [-0.2, -0.15) is 0 Å². The summed E-state index contributed by atoms with van der Waals surface area (Å²) < 4.78 is 7.33. The number of hydrogen-bond acceptors (Lipinski definition) is 5. The zero-order valence-electron chi connectivity index (χ0n) is 9.55. The number of aromatic nitrogens is 3. The van der Waals surface area contributed by atoms with Crippen molar-refractivity contribution in [2.24, 2.45) is 0 Å². The SMILES string of the molecule is CNC(=O)Cn1nnc(CO)c1-c1ccc(Br)o1. The molecule has 0 bridgehead atoms. The van der Waals surface area contributed by atoms with Gasteiger partial charge in [-0.3, -0.25) is 4.79 Å². The summed E-state index contributed by atoms with van der Waals surface area (Å²) >= 11 is 3.19. The number of amides is 1. The number of nitrogens with zero attached hydrogens (tertiary/aromatic N) is 3. The average Bonchev–Trinajstić information content (AvgIpc) is 2.95. The molecule has 8 heteroatoms. The lowest BCUT2D eigenvalue weighted by Gasteiger charge is -2.04. The van der Waals surface area contributed by atoms with E-state index in [9.17, 15) is 9.90 Å². The third-order valence-corrected chi connectivity index (χ3v) is 2.76. The van der Waals surface area contributed by atoms with E-state index in [0.29, 0.717) is 21.8 Å². The summed E-state index contributed by atoms with van der Waals surface area (Å²) in [6.07, 6.45) is 0. The van der Waals surface area contributed by atoms with E-state index in [2.05, 4.69) is 31.6 Å². The number of likely N-dealkylation sites (N-methyl/N-ethyl adjacent to an activating group) is 1. The van der Waals surface area contributed by atoms with E-state index in [4.69, 9.17) is 4.42 Å². The first-order chi connectivity index (χ1) is 8.65. The number of nitrogens with one attached hydrogen (secondary N) is 1. The van der Waals surface area contributed by atoms with E-state index in [1.165, 1.54) is 11.7 Å². The maximum atomic E-state index is 11.4. The van der Waals surface area contributed by atoms with E-state index in [0.717, 1.165) is 0 Å². The van der Waals surface area contributed by atoms with Gasteiger partial charge in [0.1, 0.15) is 17.9 Å². The number of hydrogen-bond donors (Lipinski definition) is 2. The first kappa shape index (κ1) is 12.8. The van der Waals surface area contributed by atoms with E-state index in [-0.39, 0.29) is 19.1 Å². The fourth-order valence-electron chi connectivity index (χ4n) is 1.49. The van der Waals surface area contributed by atoms with Crippen molar-refractivity contribution in [2.75, 3.05) is 7.05 Å². The minimum absolute atomic E-state index is 0.0111. The molecule has 0 aliphatic carbocycles. The Morgan fingerprint density at radius 3 is 2.94 bits per heavy atom. The van der Waals surface area contributed by atoms with Crippen LogP contribution in [0.5, 0.6) is 0 Å². The van der Waals surface area contributed by atoms with Crippen LogP contribution in [0.1, 0.15) is 5.69 Å². The number of aliphatic hydroxyl groups is 1. The van der Waals surface area contributed by atoms with Crippen molar-refractivity contribution in [1.29, 1.82) is 0 Å². The van der Waals surface area contributed by atoms with Crippen molar-refractivity contribution in [3.8, 4) is 11.5 Å². The summed E-state index contributed by atoms with van der Waals surface area (Å²) in [5.74, 6) is 0.274. The Bertz CT molecular complexity index is 563. The average molecular weight is 315 g/mol. The summed E-state index contributed by atoms with van der Waals surface area (Å²) in [6.45, 7) is -0.265. The first-order valence-corrected chi connectivity index (χ1v) is 5.94. The summed E-state index contributed by atoms with van der Waals surface area (Å²) in [5, 5.41) is 19.4. The highest BCUT2D eigenvalue weighted by Crippen LogP contribution is 2.26. The fourth-order valence-corrected chi connectivity index (χ4v) is 1.80. The molecule has 0 aromatic carbocycles. The van der Waals surface area contributed by atoms with Gasteiger partial charge in [0.15, 0.2) is 10.4 Å². The predicted molar refractivity (Wildman–Crippen MR) is 65.4 cm³/mol. The van der Waals surface area contributed by atoms with Gasteiger partial charge < -0.3 is 14.8 Å². The predicted octanol–water partition coefficient (Wildman–Crippen LogP) is 0.539. The van der Waals surface area contributed by atoms with Crippen LogP contribution in [0.3, 0.4) is 0 Å². The standard InChI is InChI=1S/C10H11BrN4O3/c1-12-9(17)4-15-10(6(5-16)13-14-15)7-2-3-8(11)18-7/h2-3,16H,4-5H2,1H3,(H,12,17). The molecule has 0 spiro atoms. The highest BCUT2D eigenvalue weighted by atomic mass is 79.9. The summed E-state index contributed by atoms with van der Waals surface area (Å²) in [4.78, 5) is 11.4. The second-order valence-corrected chi connectivity index (χ2v) is 4.26. The number of aliphatic hydroxyl groups excluding tert-OH is 1. The summed E-state index contributed by atoms with van der Waals surface area (Å²) in [5.41, 5.74) is 0.854. The molecule has 2 aromatic rings. The van der Waals surface area contributed by atoms with Crippen LogP contribution in [-0.2, 0) is 17.9 Å². The zero-order valence-corrected chi connectivity index (χ0v) is 11.1. The molecule has 7 nitrogen and oxygen atoms in total. The molecule has 2 N–H and O–H groups in total. The second kappa shape index (κ2) is 5.32. The van der Waals surface area contributed by atoms with Gasteiger partial charge in [-0.15, -0.1) is 5.10 Å². The Morgan fingerprint density at radius 1 is 1.61 bits per heavy atom. The largest absolute Gasteiger partial charge is 0.448 e. The van der Waals surface area contributed by atoms with E-state index < -0.39 is 0 Å². The lowest BCUT2D eigenvalue weighted by Crippen LogP contribution is -2.24. The smallest absolute Gasteiger partial charge is 0.241 e. The van der Waals surface area contributed by atoms with Gasteiger partial charge in [0, 0.05) is 7.05 Å². The number of furan rings is 1. The molecule has 2 heterocycles. The van der Waals surface area contributed by atoms with Crippen molar-refractivity contribution >= 4 is 21.8 Å². The van der Waals surface area contributed by atoms with Crippen LogP contribution in [0.25, 0.3) is 11.5 Å². The van der Waals surface area contributed by atoms with Gasteiger partial charge in [-0.1, -0.05) is 5.21 Å². The van der Waals surface area contributed by atoms with Gasteiger partial charge in [-0.25, -0.2) is 4.68 Å². The van der Waals surface area contributed by atoms with Crippen LogP contribution in [0, 0.1) is 0 Å². The highest BCUT2D eigenvalue weighted by molar-refractivity contribution is 9.10. The van der Waals surface area contributed by atoms with Crippen LogP contribution >= 0.6 is 15.9 Å². The topological polar surface area (TPSA) is 93.2 Å². The third-order valence-electron chi connectivity index (χ3n) is 2.33. The second-order valence-electron chi connectivity index (χ2n) is 3.48. The quantitative estimate of drug-likeness (QED) is 0.859. The third kappa shape index (κ3) is 2.44.